The van der Waals surface area contributed by atoms with Crippen molar-refractivity contribution in [1.82, 2.24) is 9.97 Å². The van der Waals surface area contributed by atoms with Crippen LogP contribution < -0.4 is 0 Å². The lowest BCUT2D eigenvalue weighted by molar-refractivity contribution is -0.0313. The molecule has 0 saturated heterocycles. The molecule has 1 heterocycles. The van der Waals surface area contributed by atoms with Gasteiger partial charge in [-0.25, -0.2) is 4.98 Å². The molecule has 1 aromatic rings. The Morgan fingerprint density at radius 1 is 1.38 bits per heavy atom. The highest BCUT2D eigenvalue weighted by molar-refractivity contribution is 6.29. The summed E-state index contributed by atoms with van der Waals surface area (Å²) in [4.78, 5) is 6.88. The molecule has 1 aromatic heterocycles. The van der Waals surface area contributed by atoms with Crippen LogP contribution in [0.2, 0.25) is 5.15 Å². The van der Waals surface area contributed by atoms with Gasteiger partial charge in [-0.2, -0.15) is 8.78 Å². The highest BCUT2D eigenvalue weighted by atomic mass is 35.5. The highest BCUT2D eigenvalue weighted by Crippen LogP contribution is 2.29. The zero-order valence-corrected chi connectivity index (χ0v) is 7.30. The Bertz CT molecular complexity index is 278. The minimum absolute atomic E-state index is 0.0588. The first-order chi connectivity index (χ1) is 6.06. The molecule has 72 valence electrons. The molecule has 0 aromatic carbocycles. The van der Waals surface area contributed by atoms with Crippen LogP contribution in [0.1, 0.15) is 12.1 Å². The maximum absolute atomic E-state index is 13.0. The second-order valence-electron chi connectivity index (χ2n) is 2.40. The highest BCUT2D eigenvalue weighted by Gasteiger charge is 2.32. The molecule has 0 fully saturated rings. The summed E-state index contributed by atoms with van der Waals surface area (Å²) in [6.07, 6.45) is 1.28. The van der Waals surface area contributed by atoms with Gasteiger partial charge in [-0.15, -0.1) is 0 Å². The van der Waals surface area contributed by atoms with E-state index in [1.165, 1.54) is 0 Å². The van der Waals surface area contributed by atoms with E-state index in [-0.39, 0.29) is 5.15 Å². The fraction of sp³-hybridized carbons (Fsp3) is 0.429. The van der Waals surface area contributed by atoms with Gasteiger partial charge in [0.2, 0.25) is 0 Å². The molecule has 1 rings (SSSR count). The van der Waals surface area contributed by atoms with Gasteiger partial charge in [-0.05, 0) is 0 Å². The summed E-state index contributed by atoms with van der Waals surface area (Å²) >= 11 is 5.37. The number of aromatic nitrogens is 2. The number of aliphatic hydroxyl groups is 1. The molecule has 0 atom stereocenters. The summed E-state index contributed by atoms with van der Waals surface area (Å²) in [5.74, 6) is -3.15. The van der Waals surface area contributed by atoms with Gasteiger partial charge in [0.25, 0.3) is 5.92 Å². The lowest BCUT2D eigenvalue weighted by Gasteiger charge is -2.12. The number of aliphatic hydroxyl groups excluding tert-OH is 1. The van der Waals surface area contributed by atoms with Crippen LogP contribution in [0.5, 0.6) is 0 Å². The van der Waals surface area contributed by atoms with E-state index in [9.17, 15) is 8.78 Å². The fourth-order valence-corrected chi connectivity index (χ4v) is 0.867. The van der Waals surface area contributed by atoms with Crippen LogP contribution in [0.25, 0.3) is 0 Å². The van der Waals surface area contributed by atoms with Crippen molar-refractivity contribution in [2.24, 2.45) is 0 Å². The third kappa shape index (κ3) is 2.57. The third-order valence-corrected chi connectivity index (χ3v) is 1.62. The summed E-state index contributed by atoms with van der Waals surface area (Å²) < 4.78 is 26.0. The summed E-state index contributed by atoms with van der Waals surface area (Å²) in [6.45, 7) is -0.600. The Kier molecular flexibility index (Phi) is 3.11. The van der Waals surface area contributed by atoms with Crippen molar-refractivity contribution >= 4 is 11.6 Å². The average Bonchev–Trinajstić information content (AvgIpc) is 2.05. The van der Waals surface area contributed by atoms with Crippen LogP contribution in [-0.4, -0.2) is 21.7 Å². The maximum Gasteiger partial charge on any atom is 0.293 e. The van der Waals surface area contributed by atoms with Gasteiger partial charge in [0.15, 0.2) is 0 Å². The number of hydrogen-bond donors (Lipinski definition) is 1. The zero-order chi connectivity index (χ0) is 9.90. The number of nitrogens with zero attached hydrogens (tertiary/aromatic N) is 2. The third-order valence-electron chi connectivity index (χ3n) is 1.42. The second kappa shape index (κ2) is 3.93. The molecule has 13 heavy (non-hydrogen) atoms. The maximum atomic E-state index is 13.0. The van der Waals surface area contributed by atoms with Crippen LogP contribution in [0, 0.1) is 0 Å². The molecule has 1 N–H and O–H groups in total. The number of hydrogen-bond acceptors (Lipinski definition) is 3. The predicted molar refractivity (Wildman–Crippen MR) is 42.6 cm³/mol. The molecule has 0 aliphatic heterocycles. The number of rotatable bonds is 3. The van der Waals surface area contributed by atoms with E-state index >= 15 is 0 Å². The number of halogens is 3. The lowest BCUT2D eigenvalue weighted by Crippen LogP contribution is -2.17. The normalized spacial score (nSPS) is 11.7. The van der Waals surface area contributed by atoms with Crippen molar-refractivity contribution in [2.45, 2.75) is 12.3 Å². The smallest absolute Gasteiger partial charge is 0.293 e. The topological polar surface area (TPSA) is 46.0 Å². The Hall–Kier alpha value is -0.810. The van der Waals surface area contributed by atoms with E-state index < -0.39 is 24.6 Å². The van der Waals surface area contributed by atoms with Crippen LogP contribution in [0.3, 0.4) is 0 Å². The SMILES string of the molecule is OCCC(F)(F)c1cnc(Cl)cn1. The van der Waals surface area contributed by atoms with Crippen molar-refractivity contribution in [2.75, 3.05) is 6.61 Å². The Morgan fingerprint density at radius 2 is 2.08 bits per heavy atom. The molecular weight excluding hydrogens is 202 g/mol. The van der Waals surface area contributed by atoms with Gasteiger partial charge in [-0.3, -0.25) is 4.98 Å². The summed E-state index contributed by atoms with van der Waals surface area (Å²) in [5, 5.41) is 8.42. The zero-order valence-electron chi connectivity index (χ0n) is 6.54. The van der Waals surface area contributed by atoms with Gasteiger partial charge >= 0.3 is 0 Å². The van der Waals surface area contributed by atoms with E-state index in [4.69, 9.17) is 16.7 Å². The Balaban J connectivity index is 2.87. The molecular formula is C7H7ClF2N2O. The van der Waals surface area contributed by atoms with Gasteiger partial charge in [0, 0.05) is 13.0 Å². The van der Waals surface area contributed by atoms with E-state index in [0.717, 1.165) is 12.4 Å². The van der Waals surface area contributed by atoms with Crippen LogP contribution in [0.4, 0.5) is 8.78 Å². The molecule has 6 heteroatoms. The predicted octanol–water partition coefficient (Wildman–Crippen LogP) is 1.60. The number of alkyl halides is 2. The molecule has 0 spiro atoms. The van der Waals surface area contributed by atoms with Crippen molar-refractivity contribution in [3.05, 3.63) is 23.2 Å². The van der Waals surface area contributed by atoms with E-state index in [0.29, 0.717) is 0 Å². The van der Waals surface area contributed by atoms with Crippen molar-refractivity contribution in [3.8, 4) is 0 Å². The monoisotopic (exact) mass is 208 g/mol. The lowest BCUT2D eigenvalue weighted by atomic mass is 10.2. The molecule has 0 aliphatic carbocycles. The quantitative estimate of drug-likeness (QED) is 0.821. The van der Waals surface area contributed by atoms with Crippen molar-refractivity contribution < 1.29 is 13.9 Å². The molecule has 0 bridgehead atoms. The van der Waals surface area contributed by atoms with Gasteiger partial charge in [0.1, 0.15) is 10.8 Å². The molecule has 0 saturated carbocycles. The minimum Gasteiger partial charge on any atom is -0.396 e. The van der Waals surface area contributed by atoms with Crippen LogP contribution in [0.15, 0.2) is 12.4 Å². The molecule has 0 unspecified atom stereocenters. The van der Waals surface area contributed by atoms with Crippen molar-refractivity contribution in [1.29, 1.82) is 0 Å². The average molecular weight is 209 g/mol. The Labute approximate surface area is 78.4 Å². The summed E-state index contributed by atoms with van der Waals surface area (Å²) in [7, 11) is 0. The second-order valence-corrected chi connectivity index (χ2v) is 2.79. The van der Waals surface area contributed by atoms with Gasteiger partial charge in [-0.1, -0.05) is 11.6 Å². The largest absolute Gasteiger partial charge is 0.396 e. The van der Waals surface area contributed by atoms with E-state index in [1.54, 1.807) is 0 Å². The van der Waals surface area contributed by atoms with E-state index in [1.807, 2.05) is 0 Å². The molecule has 3 nitrogen and oxygen atoms in total. The first-order valence-corrected chi connectivity index (χ1v) is 3.91. The Morgan fingerprint density at radius 3 is 2.54 bits per heavy atom. The summed E-state index contributed by atoms with van der Waals surface area (Å²) in [5.41, 5.74) is -0.481. The first kappa shape index (κ1) is 10.3. The van der Waals surface area contributed by atoms with Gasteiger partial charge in [0.05, 0.1) is 12.4 Å². The standard InChI is InChI=1S/C7H7ClF2N2O/c8-6-4-11-5(3-12-6)7(9,10)1-2-13/h3-4,13H,1-2H2. The summed E-state index contributed by atoms with van der Waals surface area (Å²) in [6, 6.07) is 0. The minimum atomic E-state index is -3.15. The molecule has 0 radical (unpaired) electrons. The molecule has 0 aliphatic rings. The fourth-order valence-electron chi connectivity index (χ4n) is 0.770. The van der Waals surface area contributed by atoms with Gasteiger partial charge < -0.3 is 5.11 Å². The van der Waals surface area contributed by atoms with Crippen LogP contribution >= 0.6 is 11.6 Å². The molecule has 0 amide bonds. The van der Waals surface area contributed by atoms with Crippen molar-refractivity contribution in [3.63, 3.8) is 0 Å². The van der Waals surface area contributed by atoms with Crippen LogP contribution in [-0.2, 0) is 5.92 Å². The first-order valence-electron chi connectivity index (χ1n) is 3.53. The van der Waals surface area contributed by atoms with E-state index in [2.05, 4.69) is 9.97 Å².